The van der Waals surface area contributed by atoms with Gasteiger partial charge in [0.2, 0.25) is 5.89 Å². The van der Waals surface area contributed by atoms with Gasteiger partial charge in [0.15, 0.2) is 23.1 Å². The molecule has 0 aliphatic heterocycles. The minimum atomic E-state index is 0.603. The van der Waals surface area contributed by atoms with E-state index in [1.165, 1.54) is 0 Å². The predicted octanol–water partition coefficient (Wildman–Crippen LogP) is 7.83. The van der Waals surface area contributed by atoms with E-state index in [4.69, 9.17) is 24.4 Å². The first kappa shape index (κ1) is 21.1. The second-order valence-corrected chi connectivity index (χ2v) is 8.77. The second-order valence-electron chi connectivity index (χ2n) is 8.77. The molecule has 0 N–H and O–H groups in total. The van der Waals surface area contributed by atoms with Crippen LogP contribution in [0.15, 0.2) is 126 Å². The Bertz CT molecular complexity index is 1810. The normalized spacial score (nSPS) is 11.2. The lowest BCUT2D eigenvalue weighted by Crippen LogP contribution is -2.00. The molecule has 0 bridgehead atoms. The highest BCUT2D eigenvalue weighted by Crippen LogP contribution is 2.33. The van der Waals surface area contributed by atoms with Crippen molar-refractivity contribution in [1.82, 2.24) is 19.9 Å². The summed E-state index contributed by atoms with van der Waals surface area (Å²) < 4.78 is 6.11. The lowest BCUT2D eigenvalue weighted by atomic mass is 10.0. The zero-order valence-electron chi connectivity index (χ0n) is 19.7. The van der Waals surface area contributed by atoms with E-state index < -0.39 is 0 Å². The number of rotatable bonds is 4. The van der Waals surface area contributed by atoms with Crippen LogP contribution in [0.3, 0.4) is 0 Å². The fourth-order valence-electron chi connectivity index (χ4n) is 4.49. The van der Waals surface area contributed by atoms with Crippen molar-refractivity contribution < 1.29 is 4.42 Å². The molecule has 0 fully saturated rings. The number of benzene rings is 5. The second kappa shape index (κ2) is 8.81. The summed E-state index contributed by atoms with van der Waals surface area (Å²) in [6.07, 6.45) is 0. The molecular formula is C32H20N4O. The average Bonchev–Trinajstić information content (AvgIpc) is 3.43. The number of hydrogen-bond acceptors (Lipinski definition) is 5. The molecule has 174 valence electrons. The van der Waals surface area contributed by atoms with E-state index in [0.717, 1.165) is 44.1 Å². The summed E-state index contributed by atoms with van der Waals surface area (Å²) in [5.41, 5.74) is 5.28. The zero-order chi connectivity index (χ0) is 24.6. The first-order chi connectivity index (χ1) is 18.3. The quantitative estimate of drug-likeness (QED) is 0.259. The van der Waals surface area contributed by atoms with Crippen molar-refractivity contribution in [3.63, 3.8) is 0 Å². The van der Waals surface area contributed by atoms with Gasteiger partial charge in [-0.25, -0.2) is 19.9 Å². The number of hydrogen-bond donors (Lipinski definition) is 0. The number of fused-ring (bicyclic) bond motifs is 3. The van der Waals surface area contributed by atoms with Crippen LogP contribution in [0, 0.1) is 0 Å². The van der Waals surface area contributed by atoms with Crippen LogP contribution in [-0.4, -0.2) is 19.9 Å². The molecule has 0 amide bonds. The molecular weight excluding hydrogens is 456 g/mol. The maximum Gasteiger partial charge on any atom is 0.227 e. The first-order valence-corrected chi connectivity index (χ1v) is 12.1. The van der Waals surface area contributed by atoms with Crippen LogP contribution < -0.4 is 0 Å². The van der Waals surface area contributed by atoms with Crippen LogP contribution in [0.25, 0.3) is 67.5 Å². The fraction of sp³-hybridized carbons (Fsp3) is 0. The van der Waals surface area contributed by atoms with Crippen LogP contribution in [0.4, 0.5) is 0 Å². The highest BCUT2D eigenvalue weighted by Gasteiger charge is 2.15. The maximum atomic E-state index is 6.11. The first-order valence-electron chi connectivity index (χ1n) is 12.1. The summed E-state index contributed by atoms with van der Waals surface area (Å²) in [6.45, 7) is 0. The molecule has 2 aromatic heterocycles. The summed E-state index contributed by atoms with van der Waals surface area (Å²) >= 11 is 0. The van der Waals surface area contributed by atoms with Gasteiger partial charge >= 0.3 is 0 Å². The Hall–Kier alpha value is -5.16. The predicted molar refractivity (Wildman–Crippen MR) is 147 cm³/mol. The Morgan fingerprint density at radius 1 is 0.432 bits per heavy atom. The van der Waals surface area contributed by atoms with Gasteiger partial charge in [-0.05, 0) is 29.7 Å². The highest BCUT2D eigenvalue weighted by atomic mass is 16.3. The fourth-order valence-corrected chi connectivity index (χ4v) is 4.49. The van der Waals surface area contributed by atoms with E-state index in [1.807, 2.05) is 103 Å². The van der Waals surface area contributed by atoms with E-state index in [0.29, 0.717) is 23.4 Å². The van der Waals surface area contributed by atoms with Crippen LogP contribution in [0.1, 0.15) is 0 Å². The van der Waals surface area contributed by atoms with E-state index >= 15 is 0 Å². The Morgan fingerprint density at radius 3 is 1.54 bits per heavy atom. The lowest BCUT2D eigenvalue weighted by Gasteiger charge is -2.09. The molecule has 0 saturated carbocycles. The summed E-state index contributed by atoms with van der Waals surface area (Å²) in [7, 11) is 0. The lowest BCUT2D eigenvalue weighted by molar-refractivity contribution is 0.620. The monoisotopic (exact) mass is 476 g/mol. The van der Waals surface area contributed by atoms with Gasteiger partial charge in [0.05, 0.1) is 0 Å². The molecule has 5 heteroatoms. The Kier molecular flexibility index (Phi) is 5.03. The van der Waals surface area contributed by atoms with E-state index in [-0.39, 0.29) is 0 Å². The third kappa shape index (κ3) is 3.93. The standard InChI is InChI=1S/C32H20N4O/c1-4-10-22(11-5-1)29-34-30(23-12-6-2-7-13-23)36-31(35-29)25-17-16-21-18-19-27-28(26(21)20-25)33-32(37-27)24-14-8-3-9-15-24/h1-20H. The molecule has 0 atom stereocenters. The molecule has 0 unspecified atom stereocenters. The smallest absolute Gasteiger partial charge is 0.227 e. The number of aromatic nitrogens is 4. The topological polar surface area (TPSA) is 64.7 Å². The third-order valence-corrected chi connectivity index (χ3v) is 6.35. The molecule has 7 aromatic rings. The summed E-state index contributed by atoms with van der Waals surface area (Å²) in [4.78, 5) is 19.4. The third-order valence-electron chi connectivity index (χ3n) is 6.35. The van der Waals surface area contributed by atoms with Gasteiger partial charge in [0.1, 0.15) is 5.52 Å². The Balaban J connectivity index is 1.42. The zero-order valence-corrected chi connectivity index (χ0v) is 19.7. The summed E-state index contributed by atoms with van der Waals surface area (Å²) in [5, 5.41) is 2.06. The van der Waals surface area contributed by atoms with Crippen molar-refractivity contribution in [3.05, 3.63) is 121 Å². The van der Waals surface area contributed by atoms with Crippen molar-refractivity contribution in [2.24, 2.45) is 0 Å². The molecule has 7 rings (SSSR count). The molecule has 37 heavy (non-hydrogen) atoms. The van der Waals surface area contributed by atoms with Gasteiger partial charge in [0, 0.05) is 27.6 Å². The summed E-state index contributed by atoms with van der Waals surface area (Å²) in [6, 6.07) is 40.2. The molecule has 0 saturated heterocycles. The largest absolute Gasteiger partial charge is 0.436 e. The van der Waals surface area contributed by atoms with Crippen LogP contribution in [0.5, 0.6) is 0 Å². The van der Waals surface area contributed by atoms with Crippen LogP contribution in [0.2, 0.25) is 0 Å². The molecule has 0 aliphatic rings. The van der Waals surface area contributed by atoms with E-state index in [1.54, 1.807) is 0 Å². The molecule has 0 radical (unpaired) electrons. The molecule has 5 aromatic carbocycles. The highest BCUT2D eigenvalue weighted by molar-refractivity contribution is 6.05. The molecule has 5 nitrogen and oxygen atoms in total. The van der Waals surface area contributed by atoms with Gasteiger partial charge < -0.3 is 4.42 Å². The summed E-state index contributed by atoms with van der Waals surface area (Å²) in [5.74, 6) is 2.48. The number of nitrogens with zero attached hydrogens (tertiary/aromatic N) is 4. The van der Waals surface area contributed by atoms with Gasteiger partial charge in [-0.3, -0.25) is 0 Å². The van der Waals surface area contributed by atoms with Crippen LogP contribution in [-0.2, 0) is 0 Å². The van der Waals surface area contributed by atoms with E-state index in [2.05, 4.69) is 18.2 Å². The van der Waals surface area contributed by atoms with Crippen molar-refractivity contribution in [2.75, 3.05) is 0 Å². The number of oxazole rings is 1. The van der Waals surface area contributed by atoms with Gasteiger partial charge in [-0.15, -0.1) is 0 Å². The minimum Gasteiger partial charge on any atom is -0.436 e. The van der Waals surface area contributed by atoms with Crippen molar-refractivity contribution >= 4 is 21.9 Å². The van der Waals surface area contributed by atoms with Crippen molar-refractivity contribution in [2.45, 2.75) is 0 Å². The van der Waals surface area contributed by atoms with Gasteiger partial charge in [0.25, 0.3) is 0 Å². The maximum absolute atomic E-state index is 6.11. The van der Waals surface area contributed by atoms with Crippen molar-refractivity contribution in [1.29, 1.82) is 0 Å². The molecule has 0 spiro atoms. The Morgan fingerprint density at radius 2 is 0.946 bits per heavy atom. The van der Waals surface area contributed by atoms with Crippen LogP contribution >= 0.6 is 0 Å². The van der Waals surface area contributed by atoms with Crippen molar-refractivity contribution in [3.8, 4) is 45.6 Å². The SMILES string of the molecule is c1ccc(-c2nc(-c3ccccc3)nc(-c3ccc4ccc5oc(-c6ccccc6)nc5c4c3)n2)cc1. The van der Waals surface area contributed by atoms with Gasteiger partial charge in [-0.2, -0.15) is 0 Å². The Labute approximate surface area is 213 Å². The van der Waals surface area contributed by atoms with Gasteiger partial charge in [-0.1, -0.05) is 97.1 Å². The average molecular weight is 477 g/mol. The molecule has 0 aliphatic carbocycles. The van der Waals surface area contributed by atoms with E-state index in [9.17, 15) is 0 Å². The molecule has 2 heterocycles. The minimum absolute atomic E-state index is 0.603.